The van der Waals surface area contributed by atoms with Gasteiger partial charge in [-0.15, -0.1) is 0 Å². The number of allylic oxidation sites excluding steroid dienone is 1. The van der Waals surface area contributed by atoms with E-state index in [1.165, 1.54) is 0 Å². The van der Waals surface area contributed by atoms with Crippen molar-refractivity contribution in [3.8, 4) is 0 Å². The van der Waals surface area contributed by atoms with Crippen molar-refractivity contribution in [1.82, 2.24) is 0 Å². The van der Waals surface area contributed by atoms with E-state index >= 15 is 0 Å². The molecule has 0 amide bonds. The summed E-state index contributed by atoms with van der Waals surface area (Å²) in [4.78, 5) is 10.3. The highest BCUT2D eigenvalue weighted by atomic mass is 16.5. The van der Waals surface area contributed by atoms with Gasteiger partial charge in [0, 0.05) is 11.8 Å². The predicted molar refractivity (Wildman–Crippen MR) is 63.2 cm³/mol. The summed E-state index contributed by atoms with van der Waals surface area (Å²) in [5.41, 5.74) is 0.804. The lowest BCUT2D eigenvalue weighted by Gasteiger charge is -2.44. The summed E-state index contributed by atoms with van der Waals surface area (Å²) in [6, 6.07) is 0. The second kappa shape index (κ2) is 5.11. The van der Waals surface area contributed by atoms with Crippen LogP contribution in [0, 0.1) is 5.41 Å². The molecular weight excluding hydrogens is 204 g/mol. The fraction of sp³-hybridized carbons (Fsp3) is 0.769. The number of carbonyl (C=O) groups excluding carboxylic acids is 1. The molecule has 0 aromatic carbocycles. The van der Waals surface area contributed by atoms with Crippen LogP contribution in [0.2, 0.25) is 0 Å². The summed E-state index contributed by atoms with van der Waals surface area (Å²) in [5.74, 6) is 0. The smallest absolute Gasteiger partial charge is 0.142 e. The Bertz CT molecular complexity index is 267. The first-order chi connectivity index (χ1) is 7.37. The Morgan fingerprint density at radius 3 is 2.69 bits per heavy atom. The second-order valence-corrected chi connectivity index (χ2v) is 5.33. The van der Waals surface area contributed by atoms with E-state index in [1.54, 1.807) is 6.08 Å². The quantitative estimate of drug-likeness (QED) is 0.592. The van der Waals surface area contributed by atoms with E-state index in [1.807, 2.05) is 27.7 Å². The van der Waals surface area contributed by atoms with Crippen molar-refractivity contribution in [2.75, 3.05) is 0 Å². The number of carbonyl (C=O) groups is 1. The van der Waals surface area contributed by atoms with Crippen molar-refractivity contribution in [2.24, 2.45) is 5.41 Å². The summed E-state index contributed by atoms with van der Waals surface area (Å²) in [6.45, 7) is 7.95. The maximum atomic E-state index is 10.3. The molecule has 3 heteroatoms. The van der Waals surface area contributed by atoms with Crippen molar-refractivity contribution in [3.63, 3.8) is 0 Å². The molecule has 92 valence electrons. The van der Waals surface area contributed by atoms with Crippen LogP contribution in [-0.4, -0.2) is 29.7 Å². The zero-order chi connectivity index (χ0) is 12.3. The largest absolute Gasteiger partial charge is 0.392 e. The van der Waals surface area contributed by atoms with Gasteiger partial charge in [0.05, 0.1) is 18.3 Å². The summed E-state index contributed by atoms with van der Waals surface area (Å²) in [7, 11) is 0. The number of aliphatic hydroxyl groups is 1. The Balaban J connectivity index is 2.61. The van der Waals surface area contributed by atoms with Crippen LogP contribution >= 0.6 is 0 Å². The molecule has 1 N–H and O–H groups in total. The Morgan fingerprint density at radius 2 is 2.19 bits per heavy atom. The van der Waals surface area contributed by atoms with Gasteiger partial charge in [0.25, 0.3) is 0 Å². The number of aliphatic hydroxyl groups excluding tert-OH is 1. The minimum Gasteiger partial charge on any atom is -0.392 e. The van der Waals surface area contributed by atoms with Gasteiger partial charge in [0.2, 0.25) is 0 Å². The van der Waals surface area contributed by atoms with Crippen LogP contribution < -0.4 is 0 Å². The predicted octanol–water partition coefficient (Wildman–Crippen LogP) is 2.09. The van der Waals surface area contributed by atoms with Crippen LogP contribution in [-0.2, 0) is 9.53 Å². The highest BCUT2D eigenvalue weighted by Gasteiger charge is 2.41. The first-order valence-corrected chi connectivity index (χ1v) is 5.82. The third-order valence-electron chi connectivity index (χ3n) is 3.69. The van der Waals surface area contributed by atoms with Gasteiger partial charge in [0.1, 0.15) is 6.29 Å². The van der Waals surface area contributed by atoms with Crippen LogP contribution in [0.5, 0.6) is 0 Å². The third-order valence-corrected chi connectivity index (χ3v) is 3.69. The van der Waals surface area contributed by atoms with Crippen LogP contribution in [0.1, 0.15) is 40.5 Å². The van der Waals surface area contributed by atoms with Crippen molar-refractivity contribution in [1.29, 1.82) is 0 Å². The minimum atomic E-state index is -0.342. The van der Waals surface area contributed by atoms with Crippen molar-refractivity contribution in [3.05, 3.63) is 11.6 Å². The first-order valence-electron chi connectivity index (χ1n) is 5.82. The SMILES string of the molecule is CC(=CC=O)C[C@@H]1C[C@H](O)C(C)(C)C(C)O1. The highest BCUT2D eigenvalue weighted by molar-refractivity contribution is 5.65. The molecule has 0 aliphatic carbocycles. The highest BCUT2D eigenvalue weighted by Crippen LogP contribution is 2.37. The molecule has 1 heterocycles. The molecule has 16 heavy (non-hydrogen) atoms. The molecule has 0 bridgehead atoms. The average Bonchev–Trinajstić information content (AvgIpc) is 2.15. The Hall–Kier alpha value is -0.670. The van der Waals surface area contributed by atoms with E-state index in [4.69, 9.17) is 4.74 Å². The molecule has 0 aromatic rings. The van der Waals surface area contributed by atoms with Gasteiger partial charge in [-0.1, -0.05) is 19.4 Å². The van der Waals surface area contributed by atoms with Crippen LogP contribution in [0.3, 0.4) is 0 Å². The van der Waals surface area contributed by atoms with E-state index in [2.05, 4.69) is 0 Å². The van der Waals surface area contributed by atoms with Crippen LogP contribution in [0.25, 0.3) is 0 Å². The van der Waals surface area contributed by atoms with Gasteiger partial charge < -0.3 is 9.84 Å². The van der Waals surface area contributed by atoms with Crippen LogP contribution in [0.4, 0.5) is 0 Å². The number of hydrogen-bond acceptors (Lipinski definition) is 3. The van der Waals surface area contributed by atoms with E-state index in [9.17, 15) is 9.90 Å². The maximum absolute atomic E-state index is 10.3. The standard InChI is InChI=1S/C13H22O3/c1-9(5-6-14)7-11-8-12(15)13(3,4)10(2)16-11/h5-6,10-12,15H,7-8H2,1-4H3/t10?,11-,12+/m1/s1. The van der Waals surface area contributed by atoms with E-state index in [0.29, 0.717) is 6.42 Å². The second-order valence-electron chi connectivity index (χ2n) is 5.33. The first kappa shape index (κ1) is 13.4. The minimum absolute atomic E-state index is 0.0224. The molecule has 0 spiro atoms. The molecule has 3 nitrogen and oxygen atoms in total. The number of hydrogen-bond donors (Lipinski definition) is 1. The summed E-state index contributed by atoms with van der Waals surface area (Å²) >= 11 is 0. The molecule has 1 aliphatic heterocycles. The molecule has 1 saturated heterocycles. The van der Waals surface area contributed by atoms with Gasteiger partial charge >= 0.3 is 0 Å². The van der Waals surface area contributed by atoms with E-state index < -0.39 is 0 Å². The Labute approximate surface area is 97.5 Å². The van der Waals surface area contributed by atoms with Crippen LogP contribution in [0.15, 0.2) is 11.6 Å². The molecule has 0 aromatic heterocycles. The maximum Gasteiger partial charge on any atom is 0.142 e. The van der Waals surface area contributed by atoms with Gasteiger partial charge in [0.15, 0.2) is 0 Å². The third kappa shape index (κ3) is 2.92. The topological polar surface area (TPSA) is 46.5 Å². The molecule has 1 rings (SSSR count). The zero-order valence-corrected chi connectivity index (χ0v) is 10.6. The van der Waals surface area contributed by atoms with E-state index in [0.717, 1.165) is 18.3 Å². The van der Waals surface area contributed by atoms with Gasteiger partial charge in [-0.2, -0.15) is 0 Å². The monoisotopic (exact) mass is 226 g/mol. The normalized spacial score (nSPS) is 34.8. The van der Waals surface area contributed by atoms with Crippen molar-refractivity contribution < 1.29 is 14.6 Å². The number of ether oxygens (including phenoxy) is 1. The molecule has 1 unspecified atom stereocenters. The Kier molecular flexibility index (Phi) is 4.28. The molecule has 0 radical (unpaired) electrons. The molecular formula is C13H22O3. The summed E-state index contributed by atoms with van der Waals surface area (Å²) in [5, 5.41) is 10.1. The lowest BCUT2D eigenvalue weighted by atomic mass is 9.76. The fourth-order valence-corrected chi connectivity index (χ4v) is 2.02. The summed E-state index contributed by atoms with van der Waals surface area (Å²) < 4.78 is 5.87. The number of rotatable bonds is 3. The zero-order valence-electron chi connectivity index (χ0n) is 10.6. The van der Waals surface area contributed by atoms with Crippen molar-refractivity contribution in [2.45, 2.75) is 58.8 Å². The van der Waals surface area contributed by atoms with Gasteiger partial charge in [-0.05, 0) is 26.3 Å². The molecule has 1 aliphatic rings. The average molecular weight is 226 g/mol. The molecule has 1 fully saturated rings. The molecule has 0 saturated carbocycles. The fourth-order valence-electron chi connectivity index (χ4n) is 2.02. The van der Waals surface area contributed by atoms with Gasteiger partial charge in [-0.25, -0.2) is 0 Å². The lowest BCUT2D eigenvalue weighted by molar-refractivity contribution is -0.165. The Morgan fingerprint density at radius 1 is 1.56 bits per heavy atom. The van der Waals surface area contributed by atoms with Crippen molar-refractivity contribution >= 4 is 6.29 Å². The lowest BCUT2D eigenvalue weighted by Crippen LogP contribution is -2.49. The van der Waals surface area contributed by atoms with Gasteiger partial charge in [-0.3, -0.25) is 4.79 Å². The number of aldehydes is 1. The van der Waals surface area contributed by atoms with E-state index in [-0.39, 0.29) is 23.7 Å². The molecule has 3 atom stereocenters. The summed E-state index contributed by atoms with van der Waals surface area (Å²) in [6.07, 6.45) is 3.42.